The van der Waals surface area contributed by atoms with Crippen LogP contribution in [0, 0.1) is 23.7 Å². The van der Waals surface area contributed by atoms with E-state index in [0.717, 1.165) is 127 Å². The van der Waals surface area contributed by atoms with Gasteiger partial charge in [-0.3, -0.25) is 14.4 Å². The Morgan fingerprint density at radius 1 is 0.525 bits per heavy atom. The number of carbonyl (C=O) groups excluding carboxylic acids is 3. The summed E-state index contributed by atoms with van der Waals surface area (Å²) in [4.78, 5) is 42.5. The van der Waals surface area contributed by atoms with E-state index >= 15 is 0 Å². The predicted octanol–water partition coefficient (Wildman–Crippen LogP) is 14.0. The van der Waals surface area contributed by atoms with Crippen LogP contribution in [-0.2, 0) is 23.9 Å². The summed E-state index contributed by atoms with van der Waals surface area (Å²) in [7, 11) is 4.13. The molecule has 7 heteroatoms. The first kappa shape index (κ1) is 53.5. The number of amides is 1. The number of cyclic esters (lactones) is 2. The van der Waals surface area contributed by atoms with Gasteiger partial charge in [-0.05, 0) is 115 Å². The Kier molecular flexibility index (Phi) is 33.5. The van der Waals surface area contributed by atoms with Crippen molar-refractivity contribution in [2.45, 2.75) is 245 Å². The largest absolute Gasteiger partial charge is 0.466 e. The SMILES string of the molecule is CCCCCC1CCCCC2CCC2CCCCC(CCCCC)CCCOC(=O)CCCCCCCN(C(=O)CCCN(C)C)CCCCCCCC(=O)OCCC1. The first-order valence-corrected chi connectivity index (χ1v) is 26.1. The topological polar surface area (TPSA) is 76.2 Å². The molecule has 2 aliphatic rings. The molecule has 0 bridgehead atoms. The minimum Gasteiger partial charge on any atom is -0.466 e. The van der Waals surface area contributed by atoms with E-state index in [9.17, 15) is 14.4 Å². The lowest BCUT2D eigenvalue weighted by Gasteiger charge is -2.37. The molecule has 1 saturated carbocycles. The fourth-order valence-electron chi connectivity index (χ4n) is 9.84. The molecule has 4 atom stereocenters. The highest BCUT2D eigenvalue weighted by Crippen LogP contribution is 2.41. The number of hydrogen-bond donors (Lipinski definition) is 0. The lowest BCUT2D eigenvalue weighted by molar-refractivity contribution is -0.144. The molecule has 1 aliphatic carbocycles. The van der Waals surface area contributed by atoms with Gasteiger partial charge in [0.15, 0.2) is 0 Å². The molecule has 346 valence electrons. The van der Waals surface area contributed by atoms with Gasteiger partial charge in [-0.1, -0.05) is 155 Å². The van der Waals surface area contributed by atoms with E-state index in [1.54, 1.807) is 0 Å². The zero-order chi connectivity index (χ0) is 42.6. The summed E-state index contributed by atoms with van der Waals surface area (Å²) in [5.74, 6) is 3.72. The number of unbranched alkanes of at least 4 members (excludes halogenated alkanes) is 4. The van der Waals surface area contributed by atoms with Crippen molar-refractivity contribution in [3.8, 4) is 0 Å². The van der Waals surface area contributed by atoms with E-state index in [0.29, 0.717) is 32.5 Å². The van der Waals surface area contributed by atoms with Gasteiger partial charge in [0.05, 0.1) is 13.2 Å². The summed E-state index contributed by atoms with van der Waals surface area (Å²) in [6.07, 6.45) is 41.8. The highest BCUT2D eigenvalue weighted by molar-refractivity contribution is 5.76. The van der Waals surface area contributed by atoms with E-state index in [-0.39, 0.29) is 17.8 Å². The summed E-state index contributed by atoms with van der Waals surface area (Å²) in [5, 5.41) is 0. The molecule has 1 aliphatic heterocycles. The molecule has 1 heterocycles. The first-order chi connectivity index (χ1) is 28.8. The number of fused-ring (bicyclic) bond motifs is 1. The second-order valence-electron chi connectivity index (χ2n) is 19.4. The van der Waals surface area contributed by atoms with E-state index in [1.165, 1.54) is 128 Å². The predicted molar refractivity (Wildman–Crippen MR) is 249 cm³/mol. The number of ether oxygens (including phenoxy) is 2. The van der Waals surface area contributed by atoms with Crippen molar-refractivity contribution >= 4 is 17.8 Å². The van der Waals surface area contributed by atoms with E-state index in [4.69, 9.17) is 9.47 Å². The van der Waals surface area contributed by atoms with Gasteiger partial charge in [0.25, 0.3) is 0 Å². The highest BCUT2D eigenvalue weighted by atomic mass is 16.5. The van der Waals surface area contributed by atoms with Crippen molar-refractivity contribution in [2.75, 3.05) is 46.9 Å². The Bertz CT molecular complexity index is 953. The minimum atomic E-state index is -0.0254. The fourth-order valence-corrected chi connectivity index (χ4v) is 9.84. The Morgan fingerprint density at radius 3 is 1.39 bits per heavy atom. The number of carbonyl (C=O) groups is 3. The highest BCUT2D eigenvalue weighted by Gasteiger charge is 2.29. The van der Waals surface area contributed by atoms with Crippen LogP contribution in [-0.4, -0.2) is 74.6 Å². The van der Waals surface area contributed by atoms with E-state index in [1.807, 2.05) is 0 Å². The van der Waals surface area contributed by atoms with Crippen LogP contribution in [0.4, 0.5) is 0 Å². The van der Waals surface area contributed by atoms with Crippen LogP contribution < -0.4 is 0 Å². The Labute approximate surface area is 366 Å². The zero-order valence-corrected chi connectivity index (χ0v) is 39.7. The lowest BCUT2D eigenvalue weighted by atomic mass is 9.69. The van der Waals surface area contributed by atoms with Gasteiger partial charge < -0.3 is 19.3 Å². The molecule has 0 aromatic heterocycles. The van der Waals surface area contributed by atoms with Crippen LogP contribution >= 0.6 is 0 Å². The second-order valence-corrected chi connectivity index (χ2v) is 19.4. The van der Waals surface area contributed by atoms with Crippen LogP contribution in [0.15, 0.2) is 0 Å². The van der Waals surface area contributed by atoms with Crippen molar-refractivity contribution in [1.29, 1.82) is 0 Å². The zero-order valence-electron chi connectivity index (χ0n) is 39.7. The van der Waals surface area contributed by atoms with Gasteiger partial charge in [0.2, 0.25) is 5.91 Å². The normalized spacial score (nSPS) is 25.2. The molecule has 0 radical (unpaired) electrons. The maximum absolute atomic E-state index is 13.2. The average molecular weight is 831 g/mol. The van der Waals surface area contributed by atoms with Gasteiger partial charge in [-0.15, -0.1) is 0 Å². The molecule has 0 N–H and O–H groups in total. The standard InChI is InChI=1S/C52H98N2O5/c1-5-7-15-28-46-30-19-21-34-48-39-40-49(48)35-22-20-31-47(29-16-8-6-2)33-27-45-59-52(57)38-18-12-10-14-24-43-54(50(55)36-25-41-53(3)4)42-23-13-9-11-17-37-51(56)58-44-26-32-46/h46-49H,5-45H2,1-4H3. The number of hydrogen-bond acceptors (Lipinski definition) is 6. The molecular weight excluding hydrogens is 733 g/mol. The number of nitrogens with zero attached hydrogens (tertiary/aromatic N) is 2. The molecule has 7 nitrogen and oxygen atoms in total. The molecule has 0 aromatic carbocycles. The van der Waals surface area contributed by atoms with Gasteiger partial charge in [0, 0.05) is 32.4 Å². The molecule has 0 spiro atoms. The van der Waals surface area contributed by atoms with Crippen molar-refractivity contribution in [3.05, 3.63) is 0 Å². The smallest absolute Gasteiger partial charge is 0.305 e. The molecule has 1 amide bonds. The third kappa shape index (κ3) is 29.3. The molecule has 59 heavy (non-hydrogen) atoms. The Morgan fingerprint density at radius 2 is 0.949 bits per heavy atom. The lowest BCUT2D eigenvalue weighted by Crippen LogP contribution is -2.33. The quantitative estimate of drug-likeness (QED) is 0.144. The van der Waals surface area contributed by atoms with E-state index < -0.39 is 0 Å². The third-order valence-electron chi connectivity index (χ3n) is 13.9. The summed E-state index contributed by atoms with van der Waals surface area (Å²) >= 11 is 0. The van der Waals surface area contributed by atoms with Crippen molar-refractivity contribution in [3.63, 3.8) is 0 Å². The molecule has 1 saturated heterocycles. The van der Waals surface area contributed by atoms with Gasteiger partial charge in [0.1, 0.15) is 0 Å². The number of rotatable bonds is 12. The van der Waals surface area contributed by atoms with Crippen molar-refractivity contribution < 1.29 is 23.9 Å². The van der Waals surface area contributed by atoms with E-state index in [2.05, 4.69) is 37.7 Å². The summed E-state index contributed by atoms with van der Waals surface area (Å²) < 4.78 is 11.4. The third-order valence-corrected chi connectivity index (χ3v) is 13.9. The van der Waals surface area contributed by atoms with Gasteiger partial charge in [-0.2, -0.15) is 0 Å². The monoisotopic (exact) mass is 831 g/mol. The summed E-state index contributed by atoms with van der Waals surface area (Å²) in [6.45, 7) is 8.35. The molecule has 2 rings (SSSR count). The van der Waals surface area contributed by atoms with Crippen LogP contribution in [0.5, 0.6) is 0 Å². The summed E-state index contributed by atoms with van der Waals surface area (Å²) in [5.41, 5.74) is 0. The van der Waals surface area contributed by atoms with Crippen LogP contribution in [0.3, 0.4) is 0 Å². The molecule has 4 unspecified atom stereocenters. The number of esters is 2. The molecule has 0 aromatic rings. The fraction of sp³-hybridized carbons (Fsp3) is 0.942. The summed E-state index contributed by atoms with van der Waals surface area (Å²) in [6, 6.07) is 0. The van der Waals surface area contributed by atoms with Crippen molar-refractivity contribution in [2.24, 2.45) is 23.7 Å². The molecular formula is C52H98N2O5. The average Bonchev–Trinajstić information content (AvgIpc) is 3.20. The minimum absolute atomic E-state index is 0.0254. The maximum atomic E-state index is 13.2. The maximum Gasteiger partial charge on any atom is 0.305 e. The molecule has 2 fully saturated rings. The van der Waals surface area contributed by atoms with Crippen molar-refractivity contribution in [1.82, 2.24) is 9.80 Å². The Balaban J connectivity index is 1.88. The van der Waals surface area contributed by atoms with Crippen LogP contribution in [0.1, 0.15) is 245 Å². The van der Waals surface area contributed by atoms with Crippen LogP contribution in [0.25, 0.3) is 0 Å². The van der Waals surface area contributed by atoms with Gasteiger partial charge in [-0.25, -0.2) is 0 Å². The Hall–Kier alpha value is -1.63. The second kappa shape index (κ2) is 37.0. The first-order valence-electron chi connectivity index (χ1n) is 26.1. The van der Waals surface area contributed by atoms with Gasteiger partial charge >= 0.3 is 11.9 Å². The van der Waals surface area contributed by atoms with Crippen LogP contribution in [0.2, 0.25) is 0 Å².